The molecule has 0 amide bonds. The fourth-order valence-corrected chi connectivity index (χ4v) is 10.6. The lowest BCUT2D eigenvalue weighted by molar-refractivity contribution is 1.19. The first-order chi connectivity index (χ1) is 26.4. The van der Waals surface area contributed by atoms with Crippen molar-refractivity contribution in [2.75, 3.05) is 0 Å². The summed E-state index contributed by atoms with van der Waals surface area (Å²) in [5.41, 5.74) is 5.81. The van der Waals surface area contributed by atoms with Crippen molar-refractivity contribution in [2.45, 2.75) is 80.1 Å². The number of aryl methyl sites for hydroxylation is 6. The van der Waals surface area contributed by atoms with E-state index in [2.05, 4.69) is 148 Å². The molecule has 266 valence electrons. The topological polar surface area (TPSA) is 0 Å². The molecule has 0 atom stereocenters. The van der Waals surface area contributed by atoms with E-state index in [9.17, 15) is 0 Å². The Balaban J connectivity index is 1.32. The highest BCUT2D eigenvalue weighted by Gasteiger charge is 2.11. The molecule has 0 aromatic carbocycles. The lowest BCUT2D eigenvalue weighted by Crippen LogP contribution is -1.80. The van der Waals surface area contributed by atoms with Crippen molar-refractivity contribution in [3.05, 3.63) is 129 Å². The maximum atomic E-state index is 5.79. The zero-order valence-corrected chi connectivity index (χ0v) is 36.2. The van der Waals surface area contributed by atoms with Gasteiger partial charge in [-0.2, -0.15) is 0 Å². The van der Waals surface area contributed by atoms with E-state index in [-0.39, 0.29) is 0 Å². The van der Waals surface area contributed by atoms with Crippen LogP contribution in [0.5, 0.6) is 0 Å². The van der Waals surface area contributed by atoms with Crippen molar-refractivity contribution in [2.24, 2.45) is 0 Å². The van der Waals surface area contributed by atoms with Crippen LogP contribution in [0.1, 0.15) is 129 Å². The Morgan fingerprint density at radius 3 is 0.963 bits per heavy atom. The monoisotopic (exact) mass is 806 g/mol. The molecule has 0 nitrogen and oxygen atoms in total. The van der Waals surface area contributed by atoms with Gasteiger partial charge in [0.15, 0.2) is 0 Å². The average molecular weight is 807 g/mol. The van der Waals surface area contributed by atoms with E-state index in [4.69, 9.17) is 6.42 Å². The minimum absolute atomic E-state index is 0.869. The van der Waals surface area contributed by atoms with Crippen LogP contribution in [0.3, 0.4) is 0 Å². The van der Waals surface area contributed by atoms with Crippen LogP contribution < -0.4 is 0 Å². The number of hydrogen-bond acceptors (Lipinski definition) is 6. The van der Waals surface area contributed by atoms with Gasteiger partial charge in [-0.25, -0.2) is 0 Å². The lowest BCUT2D eigenvalue weighted by atomic mass is 10.1. The lowest BCUT2D eigenvalue weighted by Gasteiger charge is -1.89. The van der Waals surface area contributed by atoms with Crippen LogP contribution in [0, 0.1) is 71.5 Å². The van der Waals surface area contributed by atoms with E-state index in [1.165, 1.54) is 29.3 Å². The Kier molecular flexibility index (Phi) is 13.6. The first-order valence-electron chi connectivity index (χ1n) is 18.1. The van der Waals surface area contributed by atoms with Crippen LogP contribution in [-0.4, -0.2) is 0 Å². The molecule has 0 bridgehead atoms. The van der Waals surface area contributed by atoms with Gasteiger partial charge in [-0.15, -0.1) is 74.4 Å². The molecule has 6 aromatic heterocycles. The highest BCUT2D eigenvalue weighted by molar-refractivity contribution is 7.14. The number of thiophene rings is 6. The second-order valence-electron chi connectivity index (χ2n) is 12.1. The van der Waals surface area contributed by atoms with Gasteiger partial charge in [0.05, 0.1) is 52.2 Å². The molecule has 0 aliphatic carbocycles. The molecule has 0 radical (unpaired) electrons. The Labute approximate surface area is 345 Å². The summed E-state index contributed by atoms with van der Waals surface area (Å²) in [6, 6.07) is 13.0. The van der Waals surface area contributed by atoms with Gasteiger partial charge in [0.2, 0.25) is 0 Å². The quantitative estimate of drug-likeness (QED) is 0.147. The van der Waals surface area contributed by atoms with Gasteiger partial charge in [0, 0.05) is 40.2 Å². The highest BCUT2D eigenvalue weighted by atomic mass is 32.1. The summed E-state index contributed by atoms with van der Waals surface area (Å²) in [6.07, 6.45) is 11.5. The number of terminal acetylenes is 1. The molecule has 0 N–H and O–H groups in total. The van der Waals surface area contributed by atoms with Crippen LogP contribution >= 0.6 is 68.0 Å². The molecule has 54 heavy (non-hydrogen) atoms. The van der Waals surface area contributed by atoms with Gasteiger partial charge in [-0.3, -0.25) is 0 Å². The van der Waals surface area contributed by atoms with Crippen LogP contribution in [0.2, 0.25) is 0 Å². The maximum Gasteiger partial charge on any atom is 0.0931 e. The van der Waals surface area contributed by atoms with E-state index < -0.39 is 0 Å². The second kappa shape index (κ2) is 18.7. The van der Waals surface area contributed by atoms with Crippen molar-refractivity contribution < 1.29 is 0 Å². The van der Waals surface area contributed by atoms with E-state index in [1.807, 2.05) is 0 Å². The normalized spacial score (nSPS) is 10.1. The number of hydrogen-bond donors (Lipinski definition) is 0. The minimum Gasteiger partial charge on any atom is -0.148 e. The molecule has 0 saturated heterocycles. The van der Waals surface area contributed by atoms with Crippen LogP contribution in [0.25, 0.3) is 0 Å². The van der Waals surface area contributed by atoms with Gasteiger partial charge in [0.1, 0.15) is 0 Å². The van der Waals surface area contributed by atoms with E-state index in [0.29, 0.717) is 0 Å². The summed E-state index contributed by atoms with van der Waals surface area (Å²) in [6.45, 7) is 13.0. The molecular formula is C48H38S6. The maximum absolute atomic E-state index is 5.79. The first-order valence-corrected chi connectivity index (χ1v) is 23.1. The zero-order valence-electron chi connectivity index (χ0n) is 31.3. The van der Waals surface area contributed by atoms with Gasteiger partial charge >= 0.3 is 0 Å². The fourth-order valence-electron chi connectivity index (χ4n) is 5.28. The summed E-state index contributed by atoms with van der Waals surface area (Å²) in [5.74, 6) is 37.3. The summed E-state index contributed by atoms with van der Waals surface area (Å²) in [7, 11) is 0. The molecular weight excluding hydrogens is 769 g/mol. The molecule has 0 saturated carbocycles. The second-order valence-corrected chi connectivity index (χ2v) is 18.8. The van der Waals surface area contributed by atoms with Crippen LogP contribution in [0.15, 0.2) is 41.8 Å². The summed E-state index contributed by atoms with van der Waals surface area (Å²) in [4.78, 5) is 12.6. The van der Waals surface area contributed by atoms with E-state index in [1.54, 1.807) is 68.0 Å². The molecule has 0 unspecified atom stereocenters. The van der Waals surface area contributed by atoms with Gasteiger partial charge in [-0.05, 0) is 105 Å². The predicted octanol–water partition coefficient (Wildman–Crippen LogP) is 12.4. The molecule has 6 aromatic rings. The van der Waals surface area contributed by atoms with E-state index in [0.717, 1.165) is 96.3 Å². The third-order valence-electron chi connectivity index (χ3n) is 8.38. The Morgan fingerprint density at radius 2 is 0.667 bits per heavy atom. The third-order valence-corrected chi connectivity index (χ3v) is 15.4. The Hall–Kier alpha value is -4.44. The molecule has 6 heteroatoms. The smallest absolute Gasteiger partial charge is 0.0931 e. The predicted molar refractivity (Wildman–Crippen MR) is 240 cm³/mol. The summed E-state index contributed by atoms with van der Waals surface area (Å²) >= 11 is 10.4. The van der Waals surface area contributed by atoms with Gasteiger partial charge in [-0.1, -0.05) is 77.1 Å². The number of rotatable bonds is 6. The van der Waals surface area contributed by atoms with Gasteiger partial charge < -0.3 is 0 Å². The highest BCUT2D eigenvalue weighted by Crippen LogP contribution is 2.28. The molecule has 6 rings (SSSR count). The third kappa shape index (κ3) is 9.61. The van der Waals surface area contributed by atoms with Gasteiger partial charge in [0.25, 0.3) is 0 Å². The fraction of sp³-hybridized carbons (Fsp3) is 0.250. The Bertz CT molecular complexity index is 2670. The van der Waals surface area contributed by atoms with Crippen molar-refractivity contribution in [3.8, 4) is 71.5 Å². The molecule has 6 heterocycles. The van der Waals surface area contributed by atoms with Crippen molar-refractivity contribution >= 4 is 68.0 Å². The van der Waals surface area contributed by atoms with Crippen LogP contribution in [0.4, 0.5) is 0 Å². The minimum atomic E-state index is 0.869. The summed E-state index contributed by atoms with van der Waals surface area (Å²) in [5, 5.41) is 2.14. The molecule has 0 spiro atoms. The largest absolute Gasteiger partial charge is 0.148 e. The molecule has 0 aliphatic rings. The standard InChI is InChI=1S/C48H38S6/c1-8-33-26-39(10-3)50-44(33)21-16-35-28-41(12-5)52-46(35)23-18-37-30-43(14-7)54-48(37)24-19-36-29-42(13-6)53-47(36)22-17-34-27-40(11-4)51-45(34)20-15-32-25-38(9-2)49-31-32/h1,25-31H,9-14H2,2-7H3. The zero-order chi connectivity index (χ0) is 38.0. The van der Waals surface area contributed by atoms with Crippen LogP contribution in [-0.2, 0) is 38.5 Å². The SMILES string of the molecule is C#Cc1cc(CC)sc1C#Cc1cc(CC)sc1C#Cc1cc(CC)sc1C#Cc1cc(CC)sc1C#Cc1cc(CC)sc1C#Cc1csc(CC)c1. The summed E-state index contributed by atoms with van der Waals surface area (Å²) < 4.78 is 0. The van der Waals surface area contributed by atoms with Crippen molar-refractivity contribution in [1.82, 2.24) is 0 Å². The van der Waals surface area contributed by atoms with Crippen molar-refractivity contribution in [3.63, 3.8) is 0 Å². The van der Waals surface area contributed by atoms with Crippen molar-refractivity contribution in [1.29, 1.82) is 0 Å². The molecule has 0 aliphatic heterocycles. The average Bonchev–Trinajstić information content (AvgIpc) is 4.06. The molecule has 0 fully saturated rings. The van der Waals surface area contributed by atoms with E-state index >= 15 is 0 Å². The Morgan fingerprint density at radius 1 is 0.370 bits per heavy atom. The first kappa shape index (κ1) is 39.3.